The van der Waals surface area contributed by atoms with Gasteiger partial charge in [0.1, 0.15) is 19.0 Å². The SMILES string of the molecule is CC(C)(C)OC(=O)OC(COC1CC2C=CC1C2)(C(F)(F)F)C(F)(F)F.COCOC(COC1CC2C=CC1C2)(C(F)(F)F)C(F)(F)F. The molecular formula is C29H36F12O7. The normalized spacial score (nSPS) is 27.3. The summed E-state index contributed by atoms with van der Waals surface area (Å²) in [4.78, 5) is 11.6. The zero-order valence-electron chi connectivity index (χ0n) is 26.1. The molecule has 0 N–H and O–H groups in total. The highest BCUT2D eigenvalue weighted by Gasteiger charge is 2.76. The summed E-state index contributed by atoms with van der Waals surface area (Å²) in [6, 6.07) is 0. The zero-order valence-corrected chi connectivity index (χ0v) is 26.1. The van der Waals surface area contributed by atoms with Crippen LogP contribution in [0.1, 0.15) is 46.5 Å². The van der Waals surface area contributed by atoms with Crippen LogP contribution in [0.15, 0.2) is 24.3 Å². The van der Waals surface area contributed by atoms with Gasteiger partial charge in [0.25, 0.3) is 5.60 Å². The Bertz CT molecular complexity index is 1130. The highest BCUT2D eigenvalue weighted by Crippen LogP contribution is 2.50. The second kappa shape index (κ2) is 14.2. The van der Waals surface area contributed by atoms with Gasteiger partial charge in [0.05, 0.1) is 18.8 Å². The minimum absolute atomic E-state index is 0.0861. The van der Waals surface area contributed by atoms with E-state index in [1.807, 2.05) is 12.2 Å². The van der Waals surface area contributed by atoms with Gasteiger partial charge in [-0.1, -0.05) is 24.3 Å². The smallest absolute Gasteiger partial charge is 0.429 e. The fourth-order valence-electron chi connectivity index (χ4n) is 5.86. The molecule has 4 rings (SSSR count). The first kappa shape index (κ1) is 40.2. The molecule has 0 aromatic heterocycles. The molecule has 2 saturated carbocycles. The summed E-state index contributed by atoms with van der Waals surface area (Å²) < 4.78 is 185. The number of methoxy groups -OCH3 is 1. The second-order valence-corrected chi connectivity index (χ2v) is 13.0. The van der Waals surface area contributed by atoms with Gasteiger partial charge in [-0.3, -0.25) is 0 Å². The monoisotopic (exact) mass is 724 g/mol. The fourth-order valence-corrected chi connectivity index (χ4v) is 5.86. The van der Waals surface area contributed by atoms with Crippen molar-refractivity contribution in [1.29, 1.82) is 0 Å². The molecular weight excluding hydrogens is 688 g/mol. The largest absolute Gasteiger partial charge is 0.510 e. The molecule has 4 aliphatic carbocycles. The van der Waals surface area contributed by atoms with Gasteiger partial charge in [0.2, 0.25) is 0 Å². The van der Waals surface area contributed by atoms with Crippen molar-refractivity contribution in [2.45, 2.75) is 100 Å². The van der Waals surface area contributed by atoms with E-state index in [0.717, 1.165) is 7.11 Å². The van der Waals surface area contributed by atoms with Crippen molar-refractivity contribution in [2.24, 2.45) is 23.7 Å². The van der Waals surface area contributed by atoms with Crippen molar-refractivity contribution >= 4 is 6.16 Å². The Hall–Kier alpha value is -2.25. The van der Waals surface area contributed by atoms with Crippen LogP contribution in [-0.2, 0) is 28.4 Å². The minimum Gasteiger partial charge on any atom is -0.429 e. The van der Waals surface area contributed by atoms with Crippen LogP contribution in [-0.4, -0.2) is 87.0 Å². The van der Waals surface area contributed by atoms with Crippen molar-refractivity contribution < 1.29 is 85.9 Å². The van der Waals surface area contributed by atoms with E-state index >= 15 is 0 Å². The average Bonchev–Trinajstić information content (AvgIpc) is 3.70. The Labute approximate surface area is 267 Å². The lowest BCUT2D eigenvalue weighted by atomic mass is 10.0. The van der Waals surface area contributed by atoms with Gasteiger partial charge in [-0.05, 0) is 58.3 Å². The summed E-state index contributed by atoms with van der Waals surface area (Å²) in [5.74, 6) is -0.115. The van der Waals surface area contributed by atoms with Gasteiger partial charge < -0.3 is 28.4 Å². The molecule has 19 heteroatoms. The number of alkyl halides is 12. The summed E-state index contributed by atoms with van der Waals surface area (Å²) in [5, 5.41) is 0. The van der Waals surface area contributed by atoms with E-state index in [1.165, 1.54) is 20.8 Å². The first-order chi connectivity index (χ1) is 21.8. The Morgan fingerprint density at radius 2 is 1.00 bits per heavy atom. The van der Waals surface area contributed by atoms with Crippen LogP contribution in [0.4, 0.5) is 57.5 Å². The second-order valence-electron chi connectivity index (χ2n) is 13.0. The minimum atomic E-state index is -5.93. The number of fused-ring (bicyclic) bond motifs is 4. The van der Waals surface area contributed by atoms with E-state index in [-0.39, 0.29) is 23.7 Å². The van der Waals surface area contributed by atoms with Crippen molar-refractivity contribution in [1.82, 2.24) is 0 Å². The van der Waals surface area contributed by atoms with Crippen LogP contribution in [0, 0.1) is 23.7 Å². The molecule has 6 atom stereocenters. The quantitative estimate of drug-likeness (QED) is 0.0974. The molecule has 0 saturated heterocycles. The summed E-state index contributed by atoms with van der Waals surface area (Å²) in [5.41, 5.74) is -10.5. The zero-order chi connectivity index (χ0) is 36.6. The van der Waals surface area contributed by atoms with E-state index in [2.05, 4.69) is 18.9 Å². The molecule has 7 nitrogen and oxygen atoms in total. The average molecular weight is 725 g/mol. The number of hydrogen-bond donors (Lipinski definition) is 0. The number of allylic oxidation sites excluding steroid dienone is 2. The van der Waals surface area contributed by atoms with Gasteiger partial charge >= 0.3 is 36.5 Å². The molecule has 4 aliphatic rings. The lowest BCUT2D eigenvalue weighted by molar-refractivity contribution is -0.403. The first-order valence-electron chi connectivity index (χ1n) is 14.7. The number of carbonyl (C=O) groups is 1. The third-order valence-electron chi connectivity index (χ3n) is 8.34. The molecule has 4 bridgehead atoms. The van der Waals surface area contributed by atoms with E-state index in [9.17, 15) is 57.5 Å². The molecule has 6 unspecified atom stereocenters. The number of carbonyl (C=O) groups excluding carboxylic acids is 1. The molecule has 0 aliphatic heterocycles. The number of hydrogen-bond acceptors (Lipinski definition) is 7. The third-order valence-corrected chi connectivity index (χ3v) is 8.34. The van der Waals surface area contributed by atoms with Gasteiger partial charge in [-0.15, -0.1) is 0 Å². The molecule has 0 spiro atoms. The van der Waals surface area contributed by atoms with Crippen LogP contribution in [0.25, 0.3) is 0 Å². The van der Waals surface area contributed by atoms with Gasteiger partial charge in [-0.25, -0.2) is 4.79 Å². The van der Waals surface area contributed by atoms with Gasteiger partial charge in [-0.2, -0.15) is 52.7 Å². The van der Waals surface area contributed by atoms with Crippen molar-refractivity contribution in [3.8, 4) is 0 Å². The molecule has 2 fully saturated rings. The predicted molar refractivity (Wildman–Crippen MR) is 140 cm³/mol. The Morgan fingerprint density at radius 3 is 1.29 bits per heavy atom. The van der Waals surface area contributed by atoms with Gasteiger partial charge in [0, 0.05) is 18.9 Å². The summed E-state index contributed by atoms with van der Waals surface area (Å²) in [6.07, 6.45) is -17.3. The Balaban J connectivity index is 0.000000264. The highest BCUT2D eigenvalue weighted by atomic mass is 19.4. The van der Waals surface area contributed by atoms with E-state index in [4.69, 9.17) is 9.47 Å². The summed E-state index contributed by atoms with van der Waals surface area (Å²) in [6.45, 7) is -0.787. The fraction of sp³-hybridized carbons (Fsp3) is 0.828. The van der Waals surface area contributed by atoms with E-state index in [0.29, 0.717) is 25.7 Å². The lowest BCUT2D eigenvalue weighted by Gasteiger charge is -2.37. The molecule has 278 valence electrons. The Morgan fingerprint density at radius 1 is 0.604 bits per heavy atom. The van der Waals surface area contributed by atoms with Crippen LogP contribution in [0.2, 0.25) is 0 Å². The summed E-state index contributed by atoms with van der Waals surface area (Å²) in [7, 11) is 0.944. The molecule has 0 aromatic rings. The molecule has 0 heterocycles. The van der Waals surface area contributed by atoms with Crippen LogP contribution < -0.4 is 0 Å². The number of ether oxygens (including phenoxy) is 6. The molecule has 0 aromatic carbocycles. The maximum Gasteiger partial charge on any atom is 0.510 e. The van der Waals surface area contributed by atoms with Crippen LogP contribution in [0.3, 0.4) is 0 Å². The number of halogens is 12. The molecule has 0 radical (unpaired) electrons. The van der Waals surface area contributed by atoms with Crippen molar-refractivity contribution in [3.63, 3.8) is 0 Å². The van der Waals surface area contributed by atoms with Crippen molar-refractivity contribution in [3.05, 3.63) is 24.3 Å². The van der Waals surface area contributed by atoms with Crippen molar-refractivity contribution in [2.75, 3.05) is 27.1 Å². The van der Waals surface area contributed by atoms with Gasteiger partial charge in [0.15, 0.2) is 0 Å². The lowest BCUT2D eigenvalue weighted by Crippen LogP contribution is -2.63. The molecule has 0 amide bonds. The van der Waals surface area contributed by atoms with E-state index < -0.39 is 79.9 Å². The Kier molecular flexibility index (Phi) is 11.9. The molecule has 48 heavy (non-hydrogen) atoms. The van der Waals surface area contributed by atoms with Crippen LogP contribution >= 0.6 is 0 Å². The number of rotatable bonds is 10. The maximum atomic E-state index is 13.4. The summed E-state index contributed by atoms with van der Waals surface area (Å²) >= 11 is 0. The first-order valence-corrected chi connectivity index (χ1v) is 14.7. The maximum absolute atomic E-state index is 13.4. The predicted octanol–water partition coefficient (Wildman–Crippen LogP) is 8.23. The third kappa shape index (κ3) is 8.91. The highest BCUT2D eigenvalue weighted by molar-refractivity contribution is 5.61. The van der Waals surface area contributed by atoms with E-state index in [1.54, 1.807) is 12.2 Å². The van der Waals surface area contributed by atoms with Crippen LogP contribution in [0.5, 0.6) is 0 Å². The standard InChI is InChI=1S/C16H20F6O4.C13H16F6O3/c1-13(2,3)25-12(23)26-14(15(17,18)19,16(20,21)22)8-24-11-7-9-4-5-10(11)6-9;1-20-7-22-11(12(14,15)16,13(17,18)19)6-21-10-5-8-2-3-9(10)4-8/h4-5,9-11H,6-8H2,1-3H3;2-3,8-10H,4-7H2,1H3. The topological polar surface area (TPSA) is 72.5 Å².